The van der Waals surface area contributed by atoms with E-state index in [2.05, 4.69) is 32.7 Å². The zero-order valence-corrected chi connectivity index (χ0v) is 11.1. The molecule has 0 saturated carbocycles. The molecule has 0 saturated heterocycles. The van der Waals surface area contributed by atoms with E-state index in [0.717, 1.165) is 29.7 Å². The van der Waals surface area contributed by atoms with Crippen LogP contribution in [0.4, 0.5) is 0 Å². The monoisotopic (exact) mass is 256 g/mol. The maximum Gasteiger partial charge on any atom is 0.236 e. The summed E-state index contributed by atoms with van der Waals surface area (Å²) >= 11 is 0. The molecule has 0 fully saturated rings. The third kappa shape index (κ3) is 2.12. The number of nitrogens with zero attached hydrogens (tertiary/aromatic N) is 4. The zero-order chi connectivity index (χ0) is 13.2. The van der Waals surface area contributed by atoms with Crippen LogP contribution in [0, 0.1) is 0 Å². The van der Waals surface area contributed by atoms with Crippen LogP contribution in [0.1, 0.15) is 31.5 Å². The van der Waals surface area contributed by atoms with Crippen molar-refractivity contribution in [3.8, 4) is 0 Å². The first-order chi connectivity index (χ1) is 9.31. The summed E-state index contributed by atoms with van der Waals surface area (Å²) < 4.78 is 7.72. The molecule has 5 heteroatoms. The molecule has 3 aromatic rings. The molecular formula is C14H16N4O. The van der Waals surface area contributed by atoms with Crippen molar-refractivity contribution in [1.82, 2.24) is 19.7 Å². The SMILES string of the molecule is CCc1nnc(Cn2c(CC)nc3ccccc32)o1. The minimum atomic E-state index is 0.580. The van der Waals surface area contributed by atoms with Crippen molar-refractivity contribution >= 4 is 11.0 Å². The molecule has 0 amide bonds. The summed E-state index contributed by atoms with van der Waals surface area (Å²) in [5, 5.41) is 8.08. The van der Waals surface area contributed by atoms with E-state index in [0.29, 0.717) is 18.3 Å². The van der Waals surface area contributed by atoms with Gasteiger partial charge in [-0.05, 0) is 12.1 Å². The molecule has 98 valence electrons. The molecule has 0 bridgehead atoms. The Morgan fingerprint density at radius 1 is 1.05 bits per heavy atom. The molecule has 0 N–H and O–H groups in total. The van der Waals surface area contributed by atoms with Gasteiger partial charge in [0.05, 0.1) is 11.0 Å². The molecule has 0 atom stereocenters. The van der Waals surface area contributed by atoms with Gasteiger partial charge in [0.25, 0.3) is 0 Å². The van der Waals surface area contributed by atoms with Crippen LogP contribution in [-0.4, -0.2) is 19.7 Å². The Hall–Kier alpha value is -2.17. The van der Waals surface area contributed by atoms with E-state index in [1.54, 1.807) is 0 Å². The average molecular weight is 256 g/mol. The van der Waals surface area contributed by atoms with Gasteiger partial charge < -0.3 is 8.98 Å². The molecule has 0 spiro atoms. The summed E-state index contributed by atoms with van der Waals surface area (Å²) in [7, 11) is 0. The van der Waals surface area contributed by atoms with Gasteiger partial charge in [-0.15, -0.1) is 10.2 Å². The first-order valence-corrected chi connectivity index (χ1v) is 6.57. The molecule has 0 aliphatic carbocycles. The second kappa shape index (κ2) is 4.84. The lowest BCUT2D eigenvalue weighted by molar-refractivity contribution is 0.442. The van der Waals surface area contributed by atoms with Gasteiger partial charge in [0.15, 0.2) is 0 Å². The van der Waals surface area contributed by atoms with E-state index in [4.69, 9.17) is 4.42 Å². The molecule has 0 unspecified atom stereocenters. The number of hydrogen-bond donors (Lipinski definition) is 0. The molecule has 3 rings (SSSR count). The minimum Gasteiger partial charge on any atom is -0.423 e. The van der Waals surface area contributed by atoms with Gasteiger partial charge >= 0.3 is 0 Å². The van der Waals surface area contributed by atoms with E-state index >= 15 is 0 Å². The van der Waals surface area contributed by atoms with Crippen molar-refractivity contribution in [3.63, 3.8) is 0 Å². The van der Waals surface area contributed by atoms with Gasteiger partial charge in [-0.1, -0.05) is 26.0 Å². The van der Waals surface area contributed by atoms with E-state index in [1.165, 1.54) is 0 Å². The van der Waals surface area contributed by atoms with Crippen LogP contribution in [-0.2, 0) is 19.4 Å². The van der Waals surface area contributed by atoms with Crippen molar-refractivity contribution in [2.75, 3.05) is 0 Å². The number of imidazole rings is 1. The number of aromatic nitrogens is 4. The predicted molar refractivity (Wildman–Crippen MR) is 71.9 cm³/mol. The van der Waals surface area contributed by atoms with Gasteiger partial charge in [0.2, 0.25) is 11.8 Å². The second-order valence-corrected chi connectivity index (χ2v) is 4.40. The predicted octanol–water partition coefficient (Wildman–Crippen LogP) is 2.59. The fourth-order valence-electron chi connectivity index (χ4n) is 2.20. The lowest BCUT2D eigenvalue weighted by Crippen LogP contribution is -2.04. The number of aryl methyl sites for hydroxylation is 2. The van der Waals surface area contributed by atoms with Gasteiger partial charge in [0.1, 0.15) is 12.4 Å². The number of benzene rings is 1. The van der Waals surface area contributed by atoms with Crippen molar-refractivity contribution < 1.29 is 4.42 Å². The Kier molecular flexibility index (Phi) is 3.03. The molecule has 2 aromatic heterocycles. The topological polar surface area (TPSA) is 56.7 Å². The number of hydrogen-bond acceptors (Lipinski definition) is 4. The maximum atomic E-state index is 5.58. The highest BCUT2D eigenvalue weighted by Gasteiger charge is 2.12. The standard InChI is InChI=1S/C14H16N4O/c1-3-12-15-10-7-5-6-8-11(10)18(12)9-14-17-16-13(4-2)19-14/h5-8H,3-4,9H2,1-2H3. The highest BCUT2D eigenvalue weighted by Crippen LogP contribution is 2.18. The fraction of sp³-hybridized carbons (Fsp3) is 0.357. The van der Waals surface area contributed by atoms with E-state index in [1.807, 2.05) is 25.1 Å². The number of rotatable bonds is 4. The van der Waals surface area contributed by atoms with Crippen LogP contribution in [0.2, 0.25) is 0 Å². The third-order valence-electron chi connectivity index (χ3n) is 3.15. The Balaban J connectivity index is 2.03. The Bertz CT molecular complexity index is 698. The van der Waals surface area contributed by atoms with Gasteiger partial charge in [-0.25, -0.2) is 4.98 Å². The second-order valence-electron chi connectivity index (χ2n) is 4.40. The van der Waals surface area contributed by atoms with Crippen LogP contribution in [0.15, 0.2) is 28.7 Å². The largest absolute Gasteiger partial charge is 0.423 e. The van der Waals surface area contributed by atoms with Crippen molar-refractivity contribution in [2.45, 2.75) is 33.2 Å². The van der Waals surface area contributed by atoms with Crippen LogP contribution >= 0.6 is 0 Å². The summed E-state index contributed by atoms with van der Waals surface area (Å²) in [6.07, 6.45) is 1.64. The van der Waals surface area contributed by atoms with E-state index < -0.39 is 0 Å². The number of fused-ring (bicyclic) bond motifs is 1. The van der Waals surface area contributed by atoms with Crippen LogP contribution in [0.5, 0.6) is 0 Å². The van der Waals surface area contributed by atoms with Crippen LogP contribution in [0.25, 0.3) is 11.0 Å². The highest BCUT2D eigenvalue weighted by molar-refractivity contribution is 5.75. The highest BCUT2D eigenvalue weighted by atomic mass is 16.4. The quantitative estimate of drug-likeness (QED) is 0.720. The lowest BCUT2D eigenvalue weighted by Gasteiger charge is -2.04. The van der Waals surface area contributed by atoms with Gasteiger partial charge in [0, 0.05) is 12.8 Å². The molecule has 0 aliphatic heterocycles. The fourth-order valence-corrected chi connectivity index (χ4v) is 2.20. The molecule has 5 nitrogen and oxygen atoms in total. The van der Waals surface area contributed by atoms with E-state index in [-0.39, 0.29) is 0 Å². The summed E-state index contributed by atoms with van der Waals surface area (Å²) in [6.45, 7) is 4.68. The van der Waals surface area contributed by atoms with Crippen molar-refractivity contribution in [3.05, 3.63) is 41.9 Å². The molecule has 0 radical (unpaired) electrons. The first-order valence-electron chi connectivity index (χ1n) is 6.57. The van der Waals surface area contributed by atoms with Gasteiger partial charge in [-0.3, -0.25) is 0 Å². The maximum absolute atomic E-state index is 5.58. The minimum absolute atomic E-state index is 0.580. The molecule has 2 heterocycles. The lowest BCUT2D eigenvalue weighted by atomic mass is 10.3. The number of para-hydroxylation sites is 2. The van der Waals surface area contributed by atoms with E-state index in [9.17, 15) is 0 Å². The third-order valence-corrected chi connectivity index (χ3v) is 3.15. The summed E-state index contributed by atoms with van der Waals surface area (Å²) in [5.74, 6) is 2.35. The summed E-state index contributed by atoms with van der Waals surface area (Å²) in [5.41, 5.74) is 2.12. The normalized spacial score (nSPS) is 11.3. The summed E-state index contributed by atoms with van der Waals surface area (Å²) in [4.78, 5) is 4.63. The van der Waals surface area contributed by atoms with Crippen LogP contribution < -0.4 is 0 Å². The van der Waals surface area contributed by atoms with Gasteiger partial charge in [-0.2, -0.15) is 0 Å². The molecule has 19 heavy (non-hydrogen) atoms. The molecule has 0 aliphatic rings. The van der Waals surface area contributed by atoms with Crippen molar-refractivity contribution in [2.24, 2.45) is 0 Å². The average Bonchev–Trinajstić information content (AvgIpc) is 3.04. The smallest absolute Gasteiger partial charge is 0.236 e. The molecule has 1 aromatic carbocycles. The Morgan fingerprint density at radius 2 is 1.84 bits per heavy atom. The first kappa shape index (κ1) is 11.9. The Labute approximate surface area is 111 Å². The zero-order valence-electron chi connectivity index (χ0n) is 11.1. The summed E-state index contributed by atoms with van der Waals surface area (Å²) in [6, 6.07) is 8.11. The van der Waals surface area contributed by atoms with Crippen molar-refractivity contribution in [1.29, 1.82) is 0 Å². The Morgan fingerprint density at radius 3 is 2.58 bits per heavy atom. The molecular weight excluding hydrogens is 240 g/mol. The van der Waals surface area contributed by atoms with Crippen LogP contribution in [0.3, 0.4) is 0 Å².